The topological polar surface area (TPSA) is 69.6 Å². The van der Waals surface area contributed by atoms with Gasteiger partial charge in [0, 0.05) is 19.0 Å². The highest BCUT2D eigenvalue weighted by Gasteiger charge is 2.39. The molecule has 20 heavy (non-hydrogen) atoms. The lowest BCUT2D eigenvalue weighted by molar-refractivity contribution is -0.153. The molecule has 0 saturated carbocycles. The van der Waals surface area contributed by atoms with E-state index in [0.717, 1.165) is 6.54 Å². The third-order valence-corrected chi connectivity index (χ3v) is 4.00. The molecule has 118 valence electrons. The van der Waals surface area contributed by atoms with E-state index in [9.17, 15) is 14.7 Å². The number of hydrogen-bond donors (Lipinski definition) is 2. The maximum atomic E-state index is 12.2. The van der Waals surface area contributed by atoms with Gasteiger partial charge in [-0.1, -0.05) is 27.7 Å². The van der Waals surface area contributed by atoms with Gasteiger partial charge >= 0.3 is 5.97 Å². The molecule has 0 heterocycles. The summed E-state index contributed by atoms with van der Waals surface area (Å²) in [5.41, 5.74) is -1.02. The molecule has 0 aliphatic heterocycles. The molecule has 2 unspecified atom stereocenters. The van der Waals surface area contributed by atoms with E-state index in [1.165, 1.54) is 0 Å². The average molecular weight is 286 g/mol. The SMILES string of the molecule is CC(C)C(CN(C)C)NC(=O)CC(C)(C(=O)O)C(C)C. The molecule has 0 aliphatic carbocycles. The third kappa shape index (κ3) is 5.49. The quantitative estimate of drug-likeness (QED) is 0.714. The number of hydrogen-bond acceptors (Lipinski definition) is 3. The molecular weight excluding hydrogens is 256 g/mol. The minimum absolute atomic E-state index is 0.0106. The predicted molar refractivity (Wildman–Crippen MR) is 80.5 cm³/mol. The summed E-state index contributed by atoms with van der Waals surface area (Å²) in [5.74, 6) is -0.908. The molecule has 0 rings (SSSR count). The van der Waals surface area contributed by atoms with E-state index in [-0.39, 0.29) is 24.3 Å². The summed E-state index contributed by atoms with van der Waals surface area (Å²) in [7, 11) is 3.91. The first kappa shape index (κ1) is 18.9. The van der Waals surface area contributed by atoms with Crippen molar-refractivity contribution >= 4 is 11.9 Å². The normalized spacial score (nSPS) is 16.3. The molecule has 0 aromatic rings. The van der Waals surface area contributed by atoms with Gasteiger partial charge in [0.15, 0.2) is 0 Å². The smallest absolute Gasteiger partial charge is 0.310 e. The summed E-state index contributed by atoms with van der Waals surface area (Å²) >= 11 is 0. The van der Waals surface area contributed by atoms with Gasteiger partial charge in [-0.25, -0.2) is 0 Å². The molecule has 0 aromatic heterocycles. The van der Waals surface area contributed by atoms with Crippen molar-refractivity contribution in [2.75, 3.05) is 20.6 Å². The van der Waals surface area contributed by atoms with Crippen LogP contribution in [0, 0.1) is 17.3 Å². The molecule has 2 N–H and O–H groups in total. The number of aliphatic carboxylic acids is 1. The fourth-order valence-electron chi connectivity index (χ4n) is 1.93. The largest absolute Gasteiger partial charge is 0.481 e. The van der Waals surface area contributed by atoms with Crippen LogP contribution >= 0.6 is 0 Å². The summed E-state index contributed by atoms with van der Waals surface area (Å²) in [4.78, 5) is 25.6. The Morgan fingerprint density at radius 2 is 1.70 bits per heavy atom. The lowest BCUT2D eigenvalue weighted by Crippen LogP contribution is -2.47. The Morgan fingerprint density at radius 3 is 2.00 bits per heavy atom. The molecule has 0 aromatic carbocycles. The number of carboxylic acid groups (broad SMARTS) is 1. The Balaban J connectivity index is 4.78. The maximum absolute atomic E-state index is 12.2. The van der Waals surface area contributed by atoms with Gasteiger partial charge in [0.25, 0.3) is 0 Å². The number of amides is 1. The molecule has 5 nitrogen and oxygen atoms in total. The van der Waals surface area contributed by atoms with Gasteiger partial charge in [-0.05, 0) is 32.9 Å². The fourth-order valence-corrected chi connectivity index (χ4v) is 1.93. The van der Waals surface area contributed by atoms with Crippen molar-refractivity contribution in [3.8, 4) is 0 Å². The van der Waals surface area contributed by atoms with Crippen LogP contribution in [0.4, 0.5) is 0 Å². The zero-order valence-corrected chi connectivity index (χ0v) is 13.9. The van der Waals surface area contributed by atoms with Crippen molar-refractivity contribution in [3.63, 3.8) is 0 Å². The van der Waals surface area contributed by atoms with E-state index in [1.807, 2.05) is 46.7 Å². The molecular formula is C15H30N2O3. The van der Waals surface area contributed by atoms with Gasteiger partial charge in [0.1, 0.15) is 0 Å². The van der Waals surface area contributed by atoms with Crippen LogP contribution in [-0.2, 0) is 9.59 Å². The van der Waals surface area contributed by atoms with E-state index in [4.69, 9.17) is 0 Å². The highest BCUT2D eigenvalue weighted by Crippen LogP contribution is 2.31. The van der Waals surface area contributed by atoms with Crippen molar-refractivity contribution in [2.45, 2.75) is 47.1 Å². The van der Waals surface area contributed by atoms with Crippen molar-refractivity contribution in [1.29, 1.82) is 0 Å². The van der Waals surface area contributed by atoms with E-state index in [1.54, 1.807) is 6.92 Å². The van der Waals surface area contributed by atoms with Crippen LogP contribution < -0.4 is 5.32 Å². The molecule has 0 spiro atoms. The van der Waals surface area contributed by atoms with Crippen LogP contribution in [-0.4, -0.2) is 48.6 Å². The van der Waals surface area contributed by atoms with Crippen LogP contribution in [0.2, 0.25) is 0 Å². The molecule has 0 fully saturated rings. The van der Waals surface area contributed by atoms with E-state index in [2.05, 4.69) is 5.32 Å². The molecule has 1 amide bonds. The average Bonchev–Trinajstić information content (AvgIpc) is 2.26. The highest BCUT2D eigenvalue weighted by molar-refractivity contribution is 5.85. The summed E-state index contributed by atoms with van der Waals surface area (Å²) in [6.07, 6.45) is 0.0106. The van der Waals surface area contributed by atoms with E-state index >= 15 is 0 Å². The molecule has 0 aliphatic rings. The van der Waals surface area contributed by atoms with Crippen LogP contribution in [0.15, 0.2) is 0 Å². The van der Waals surface area contributed by atoms with Gasteiger partial charge < -0.3 is 15.3 Å². The first-order chi connectivity index (χ1) is 9.00. The van der Waals surface area contributed by atoms with Crippen molar-refractivity contribution in [2.24, 2.45) is 17.3 Å². The number of rotatable bonds is 8. The van der Waals surface area contributed by atoms with Crippen molar-refractivity contribution in [1.82, 2.24) is 10.2 Å². The Morgan fingerprint density at radius 1 is 1.20 bits per heavy atom. The molecule has 0 bridgehead atoms. The summed E-state index contributed by atoms with van der Waals surface area (Å²) in [5, 5.41) is 12.3. The van der Waals surface area contributed by atoms with E-state index < -0.39 is 11.4 Å². The monoisotopic (exact) mass is 286 g/mol. The Kier molecular flexibility index (Phi) is 7.20. The van der Waals surface area contributed by atoms with E-state index in [0.29, 0.717) is 5.92 Å². The van der Waals surface area contributed by atoms with Crippen molar-refractivity contribution < 1.29 is 14.7 Å². The number of carboxylic acids is 1. The number of carbonyl (C=O) groups excluding carboxylic acids is 1. The minimum atomic E-state index is -1.02. The lowest BCUT2D eigenvalue weighted by atomic mass is 9.76. The third-order valence-electron chi connectivity index (χ3n) is 4.00. The van der Waals surface area contributed by atoms with Crippen LogP contribution in [0.1, 0.15) is 41.0 Å². The zero-order valence-electron chi connectivity index (χ0n) is 13.9. The Bertz CT molecular complexity index is 340. The van der Waals surface area contributed by atoms with Gasteiger partial charge in [0.05, 0.1) is 5.41 Å². The first-order valence-electron chi connectivity index (χ1n) is 7.18. The maximum Gasteiger partial charge on any atom is 0.310 e. The highest BCUT2D eigenvalue weighted by atomic mass is 16.4. The van der Waals surface area contributed by atoms with Crippen LogP contribution in [0.25, 0.3) is 0 Å². The first-order valence-corrected chi connectivity index (χ1v) is 7.18. The van der Waals surface area contributed by atoms with Gasteiger partial charge in [-0.15, -0.1) is 0 Å². The number of likely N-dealkylation sites (N-methyl/N-ethyl adjacent to an activating group) is 1. The lowest BCUT2D eigenvalue weighted by Gasteiger charge is -2.31. The number of nitrogens with zero attached hydrogens (tertiary/aromatic N) is 1. The Hall–Kier alpha value is -1.10. The Labute approximate surface area is 122 Å². The minimum Gasteiger partial charge on any atom is -0.481 e. The zero-order chi connectivity index (χ0) is 16.1. The van der Waals surface area contributed by atoms with Crippen molar-refractivity contribution in [3.05, 3.63) is 0 Å². The van der Waals surface area contributed by atoms with Gasteiger partial charge in [-0.3, -0.25) is 9.59 Å². The standard InChI is InChI=1S/C15H30N2O3/c1-10(2)12(9-17(6)7)16-13(18)8-15(5,11(3)4)14(19)20/h10-12H,8-9H2,1-7H3,(H,16,18)(H,19,20). The summed E-state index contributed by atoms with van der Waals surface area (Å²) < 4.78 is 0. The molecule has 2 atom stereocenters. The second kappa shape index (κ2) is 7.62. The van der Waals surface area contributed by atoms with Gasteiger partial charge in [0.2, 0.25) is 5.91 Å². The molecule has 0 radical (unpaired) electrons. The molecule has 5 heteroatoms. The molecule has 0 saturated heterocycles. The second-order valence-electron chi connectivity index (χ2n) is 6.73. The number of nitrogens with one attached hydrogen (secondary N) is 1. The second-order valence-corrected chi connectivity index (χ2v) is 6.73. The summed E-state index contributed by atoms with van der Waals surface area (Å²) in [6, 6.07) is 0.0303. The van der Waals surface area contributed by atoms with Crippen LogP contribution in [0.5, 0.6) is 0 Å². The summed E-state index contributed by atoms with van der Waals surface area (Å²) in [6.45, 7) is 10.1. The predicted octanol–water partition coefficient (Wildman–Crippen LogP) is 1.83. The van der Waals surface area contributed by atoms with Gasteiger partial charge in [-0.2, -0.15) is 0 Å². The number of carbonyl (C=O) groups is 2. The fraction of sp³-hybridized carbons (Fsp3) is 0.867. The van der Waals surface area contributed by atoms with Crippen LogP contribution in [0.3, 0.4) is 0 Å².